The third-order valence-electron chi connectivity index (χ3n) is 4.83. The van der Waals surface area contributed by atoms with E-state index in [0.29, 0.717) is 18.6 Å². The highest BCUT2D eigenvalue weighted by Crippen LogP contribution is 2.12. The van der Waals surface area contributed by atoms with Crippen LogP contribution in [0.4, 0.5) is 5.69 Å². The fourth-order valence-electron chi connectivity index (χ4n) is 3.35. The number of nitrogens with one attached hydrogen (secondary N) is 3. The molecule has 8 heteroatoms. The average Bonchev–Trinajstić information content (AvgIpc) is 3.25. The molecule has 0 saturated heterocycles. The molecule has 0 aliphatic carbocycles. The maximum Gasteiger partial charge on any atom is 0.291 e. The average molecular weight is 541 g/mol. The van der Waals surface area contributed by atoms with Crippen LogP contribution in [-0.4, -0.2) is 49.0 Å². The van der Waals surface area contributed by atoms with Gasteiger partial charge in [-0.15, -0.1) is 24.0 Å². The molecular formula is C23H36IN5O2. The number of guanidine groups is 1. The van der Waals surface area contributed by atoms with Crippen molar-refractivity contribution >= 4 is 41.5 Å². The van der Waals surface area contributed by atoms with Gasteiger partial charge in [-0.1, -0.05) is 12.1 Å². The van der Waals surface area contributed by atoms with Crippen molar-refractivity contribution in [1.29, 1.82) is 0 Å². The van der Waals surface area contributed by atoms with Gasteiger partial charge in [-0.05, 0) is 63.9 Å². The molecule has 1 aromatic carbocycles. The Hall–Kier alpha value is -2.07. The molecule has 1 heterocycles. The van der Waals surface area contributed by atoms with Crippen molar-refractivity contribution in [2.75, 3.05) is 25.5 Å². The second-order valence-corrected chi connectivity index (χ2v) is 7.76. The quantitative estimate of drug-likeness (QED) is 0.181. The van der Waals surface area contributed by atoms with E-state index >= 15 is 0 Å². The van der Waals surface area contributed by atoms with Crippen molar-refractivity contribution in [2.45, 2.75) is 52.7 Å². The van der Waals surface area contributed by atoms with Gasteiger partial charge in [-0.3, -0.25) is 14.7 Å². The van der Waals surface area contributed by atoms with E-state index in [1.807, 2.05) is 24.3 Å². The van der Waals surface area contributed by atoms with Gasteiger partial charge in [0.2, 0.25) is 0 Å². The Morgan fingerprint density at radius 3 is 2.45 bits per heavy atom. The van der Waals surface area contributed by atoms with Crippen molar-refractivity contribution in [2.24, 2.45) is 4.99 Å². The van der Waals surface area contributed by atoms with E-state index in [9.17, 15) is 4.79 Å². The van der Waals surface area contributed by atoms with E-state index < -0.39 is 0 Å². The van der Waals surface area contributed by atoms with Crippen LogP contribution in [0.2, 0.25) is 0 Å². The Bertz CT molecular complexity index is 798. The van der Waals surface area contributed by atoms with E-state index in [0.717, 1.165) is 36.7 Å². The van der Waals surface area contributed by atoms with Crippen LogP contribution in [0, 0.1) is 0 Å². The Morgan fingerprint density at radius 1 is 1.10 bits per heavy atom. The minimum atomic E-state index is -0.264. The molecule has 0 saturated carbocycles. The Labute approximate surface area is 203 Å². The number of rotatable bonds is 10. The molecule has 3 N–H and O–H groups in total. The molecule has 1 aromatic heterocycles. The van der Waals surface area contributed by atoms with Crippen LogP contribution in [0.5, 0.6) is 0 Å². The van der Waals surface area contributed by atoms with E-state index in [1.54, 1.807) is 19.2 Å². The first-order valence-electron chi connectivity index (χ1n) is 10.5. The Kier molecular flexibility index (Phi) is 12.2. The highest BCUT2D eigenvalue weighted by Gasteiger charge is 2.12. The Balaban J connectivity index is 0.00000480. The standard InChI is InChI=1S/C23H35N5O2.HI/c1-17(2)28(18(3)4)13-8-12-25-23(24-5)26-16-19-9-6-10-20(15-19)27-22(29)21-11-7-14-30-21;/h6-7,9-11,14-15,17-18H,8,12-13,16H2,1-5H3,(H,27,29)(H2,24,25,26);1H. The van der Waals surface area contributed by atoms with Crippen molar-refractivity contribution in [3.63, 3.8) is 0 Å². The number of aliphatic imine (C=N–C) groups is 1. The number of hydrogen-bond donors (Lipinski definition) is 3. The maximum absolute atomic E-state index is 12.1. The zero-order valence-electron chi connectivity index (χ0n) is 19.1. The lowest BCUT2D eigenvalue weighted by atomic mass is 10.2. The highest BCUT2D eigenvalue weighted by atomic mass is 127. The number of furan rings is 1. The molecule has 0 spiro atoms. The van der Waals surface area contributed by atoms with Crippen molar-refractivity contribution < 1.29 is 9.21 Å². The molecule has 0 aliphatic rings. The van der Waals surface area contributed by atoms with Gasteiger partial charge in [0.15, 0.2) is 11.7 Å². The lowest BCUT2D eigenvalue weighted by molar-refractivity contribution is 0.0996. The molecule has 31 heavy (non-hydrogen) atoms. The second kappa shape index (κ2) is 14.1. The fourth-order valence-corrected chi connectivity index (χ4v) is 3.35. The van der Waals surface area contributed by atoms with Crippen LogP contribution in [0.25, 0.3) is 0 Å². The first-order valence-corrected chi connectivity index (χ1v) is 10.5. The number of amides is 1. The Morgan fingerprint density at radius 2 is 1.84 bits per heavy atom. The summed E-state index contributed by atoms with van der Waals surface area (Å²) >= 11 is 0. The summed E-state index contributed by atoms with van der Waals surface area (Å²) in [6.45, 7) is 11.5. The number of benzene rings is 1. The van der Waals surface area contributed by atoms with E-state index in [4.69, 9.17) is 4.42 Å². The van der Waals surface area contributed by atoms with Crippen LogP contribution >= 0.6 is 24.0 Å². The number of nitrogens with zero attached hydrogens (tertiary/aromatic N) is 2. The fraction of sp³-hybridized carbons (Fsp3) is 0.478. The van der Waals surface area contributed by atoms with Gasteiger partial charge in [0.25, 0.3) is 5.91 Å². The van der Waals surface area contributed by atoms with E-state index in [1.165, 1.54) is 6.26 Å². The first-order chi connectivity index (χ1) is 14.4. The molecule has 2 aromatic rings. The largest absolute Gasteiger partial charge is 0.459 e. The van der Waals surface area contributed by atoms with Gasteiger partial charge in [0.1, 0.15) is 0 Å². The topological polar surface area (TPSA) is 81.9 Å². The minimum Gasteiger partial charge on any atom is -0.459 e. The molecule has 0 unspecified atom stereocenters. The highest BCUT2D eigenvalue weighted by molar-refractivity contribution is 14.0. The SMILES string of the molecule is CN=C(NCCCN(C(C)C)C(C)C)NCc1cccc(NC(=O)c2ccco2)c1.I. The summed E-state index contributed by atoms with van der Waals surface area (Å²) in [5, 5.41) is 9.54. The minimum absolute atomic E-state index is 0. The molecule has 7 nitrogen and oxygen atoms in total. The smallest absolute Gasteiger partial charge is 0.291 e. The van der Waals surface area contributed by atoms with E-state index in [-0.39, 0.29) is 35.6 Å². The molecule has 2 rings (SSSR count). The third-order valence-corrected chi connectivity index (χ3v) is 4.83. The van der Waals surface area contributed by atoms with E-state index in [2.05, 4.69) is 53.5 Å². The third kappa shape index (κ3) is 9.30. The van der Waals surface area contributed by atoms with Crippen molar-refractivity contribution in [1.82, 2.24) is 15.5 Å². The van der Waals surface area contributed by atoms with Crippen LogP contribution in [0.3, 0.4) is 0 Å². The second-order valence-electron chi connectivity index (χ2n) is 7.76. The monoisotopic (exact) mass is 541 g/mol. The van der Waals surface area contributed by atoms with Crippen LogP contribution in [0.15, 0.2) is 52.1 Å². The number of hydrogen-bond acceptors (Lipinski definition) is 4. The number of anilines is 1. The molecular weight excluding hydrogens is 505 g/mol. The molecule has 0 bridgehead atoms. The predicted molar refractivity (Wildman–Crippen MR) is 138 cm³/mol. The van der Waals surface area contributed by atoms with Gasteiger partial charge in [0.05, 0.1) is 6.26 Å². The lowest BCUT2D eigenvalue weighted by Crippen LogP contribution is -2.41. The number of halogens is 1. The van der Waals surface area contributed by atoms with Gasteiger partial charge in [0, 0.05) is 44.5 Å². The molecule has 0 fully saturated rings. The molecule has 0 radical (unpaired) electrons. The van der Waals surface area contributed by atoms with Crippen LogP contribution < -0.4 is 16.0 Å². The lowest BCUT2D eigenvalue weighted by Gasteiger charge is -2.30. The molecule has 1 amide bonds. The summed E-state index contributed by atoms with van der Waals surface area (Å²) in [5.41, 5.74) is 1.77. The zero-order valence-corrected chi connectivity index (χ0v) is 21.5. The summed E-state index contributed by atoms with van der Waals surface area (Å²) in [6, 6.07) is 12.1. The summed E-state index contributed by atoms with van der Waals surface area (Å²) in [4.78, 5) is 18.9. The van der Waals surface area contributed by atoms with Crippen LogP contribution in [-0.2, 0) is 6.54 Å². The van der Waals surface area contributed by atoms with Gasteiger partial charge in [-0.25, -0.2) is 0 Å². The summed E-state index contributed by atoms with van der Waals surface area (Å²) in [6.07, 6.45) is 2.53. The van der Waals surface area contributed by atoms with Crippen LogP contribution in [0.1, 0.15) is 50.2 Å². The van der Waals surface area contributed by atoms with Crippen molar-refractivity contribution in [3.05, 3.63) is 54.0 Å². The molecule has 0 atom stereocenters. The maximum atomic E-state index is 12.1. The van der Waals surface area contributed by atoms with Gasteiger partial charge >= 0.3 is 0 Å². The predicted octanol–water partition coefficient (Wildman–Crippen LogP) is 4.32. The summed E-state index contributed by atoms with van der Waals surface area (Å²) in [7, 11) is 1.77. The normalized spacial score (nSPS) is 11.5. The van der Waals surface area contributed by atoms with Crippen molar-refractivity contribution in [3.8, 4) is 0 Å². The molecule has 0 aliphatic heterocycles. The first kappa shape index (κ1) is 27.0. The number of carbonyl (C=O) groups is 1. The zero-order chi connectivity index (χ0) is 21.9. The van der Waals surface area contributed by atoms with Gasteiger partial charge < -0.3 is 20.4 Å². The summed E-state index contributed by atoms with van der Waals surface area (Å²) in [5.74, 6) is 0.789. The van der Waals surface area contributed by atoms with Gasteiger partial charge in [-0.2, -0.15) is 0 Å². The molecule has 172 valence electrons. The number of carbonyl (C=O) groups excluding carboxylic acids is 1. The summed E-state index contributed by atoms with van der Waals surface area (Å²) < 4.78 is 5.13.